The van der Waals surface area contributed by atoms with Crippen LogP contribution in [-0.4, -0.2) is 11.2 Å². The van der Waals surface area contributed by atoms with Gasteiger partial charge in [-0.2, -0.15) is 0 Å². The van der Waals surface area contributed by atoms with E-state index in [0.717, 1.165) is 10.0 Å². The van der Waals surface area contributed by atoms with E-state index in [4.69, 9.17) is 11.6 Å². The third kappa shape index (κ3) is 2.81. The second-order valence-corrected chi connectivity index (χ2v) is 4.99. The Bertz CT molecular complexity index is 350. The van der Waals surface area contributed by atoms with Crippen LogP contribution in [0.2, 0.25) is 0 Å². The molecule has 76 valence electrons. The van der Waals surface area contributed by atoms with Crippen LogP contribution in [0.5, 0.6) is 0 Å². The second-order valence-electron chi connectivity index (χ2n) is 2.92. The Kier molecular flexibility index (Phi) is 4.61. The minimum absolute atomic E-state index is 0.0404. The molecule has 1 atom stereocenters. The Labute approximate surface area is 105 Å². The summed E-state index contributed by atoms with van der Waals surface area (Å²) >= 11 is 12.5. The van der Waals surface area contributed by atoms with Crippen LogP contribution in [0.3, 0.4) is 0 Å². The first-order valence-corrected chi connectivity index (χ1v) is 6.44. The average molecular weight is 340 g/mol. The molecule has 0 bridgehead atoms. The lowest BCUT2D eigenvalue weighted by Gasteiger charge is -2.05. The molecule has 0 aliphatic rings. The zero-order chi connectivity index (χ0) is 10.7. The molecule has 0 amide bonds. The fraction of sp³-hybridized carbons (Fsp3) is 0.300. The lowest BCUT2D eigenvalue weighted by atomic mass is 10.1. The molecule has 1 aromatic carbocycles. The molecule has 0 saturated heterocycles. The van der Waals surface area contributed by atoms with Crippen LogP contribution in [0.4, 0.5) is 0 Å². The summed E-state index contributed by atoms with van der Waals surface area (Å²) in [5.74, 6) is -0.0404. The van der Waals surface area contributed by atoms with Crippen LogP contribution < -0.4 is 0 Å². The van der Waals surface area contributed by atoms with Gasteiger partial charge in [-0.05, 0) is 24.6 Å². The molecule has 14 heavy (non-hydrogen) atoms. The van der Waals surface area contributed by atoms with E-state index in [2.05, 4.69) is 31.9 Å². The molecule has 0 heterocycles. The molecule has 0 radical (unpaired) electrons. The van der Waals surface area contributed by atoms with E-state index >= 15 is 0 Å². The molecule has 1 rings (SSSR count). The van der Waals surface area contributed by atoms with Gasteiger partial charge in [-0.3, -0.25) is 4.79 Å². The molecule has 1 aromatic rings. The average Bonchev–Trinajstić information content (AvgIpc) is 2.17. The van der Waals surface area contributed by atoms with Crippen molar-refractivity contribution in [3.63, 3.8) is 0 Å². The molecular formula is C10H9Br2ClO. The number of hydrogen-bond acceptors (Lipinski definition) is 1. The minimum Gasteiger partial charge on any atom is -0.293 e. The number of carbonyl (C=O) groups is 1. The molecule has 1 unspecified atom stereocenters. The number of benzene rings is 1. The molecule has 4 heteroatoms. The summed E-state index contributed by atoms with van der Waals surface area (Å²) in [6, 6.07) is 5.49. The Balaban J connectivity index is 3.06. The van der Waals surface area contributed by atoms with Gasteiger partial charge in [0.15, 0.2) is 5.78 Å². The maximum Gasteiger partial charge on any atom is 0.180 e. The Morgan fingerprint density at radius 1 is 1.57 bits per heavy atom. The van der Waals surface area contributed by atoms with Crippen LogP contribution >= 0.6 is 43.5 Å². The highest BCUT2D eigenvalue weighted by Gasteiger charge is 2.13. The SMILES string of the molecule is CC(Cl)C(=O)c1ccc(Br)c(CBr)c1. The fourth-order valence-electron chi connectivity index (χ4n) is 1.06. The van der Waals surface area contributed by atoms with Crippen molar-refractivity contribution in [1.29, 1.82) is 0 Å². The zero-order valence-corrected chi connectivity index (χ0v) is 11.5. The zero-order valence-electron chi connectivity index (χ0n) is 7.56. The van der Waals surface area contributed by atoms with Gasteiger partial charge in [0.05, 0.1) is 5.38 Å². The summed E-state index contributed by atoms with van der Waals surface area (Å²) in [5.41, 5.74) is 1.71. The smallest absolute Gasteiger partial charge is 0.180 e. The first-order valence-electron chi connectivity index (χ1n) is 4.09. The lowest BCUT2D eigenvalue weighted by molar-refractivity contribution is 0.0991. The lowest BCUT2D eigenvalue weighted by Crippen LogP contribution is -2.10. The summed E-state index contributed by atoms with van der Waals surface area (Å²) in [6.45, 7) is 1.68. The van der Waals surface area contributed by atoms with Gasteiger partial charge in [0.25, 0.3) is 0 Å². The van der Waals surface area contributed by atoms with Crippen LogP contribution in [0, 0.1) is 0 Å². The van der Waals surface area contributed by atoms with Gasteiger partial charge in [0, 0.05) is 15.4 Å². The molecule has 0 aliphatic carbocycles. The normalized spacial score (nSPS) is 12.6. The first kappa shape index (κ1) is 12.2. The van der Waals surface area contributed by atoms with Crippen LogP contribution in [-0.2, 0) is 5.33 Å². The van der Waals surface area contributed by atoms with E-state index in [1.807, 2.05) is 12.1 Å². The Morgan fingerprint density at radius 2 is 2.21 bits per heavy atom. The van der Waals surface area contributed by atoms with Crippen molar-refractivity contribution in [2.75, 3.05) is 0 Å². The first-order chi connectivity index (χ1) is 6.56. The topological polar surface area (TPSA) is 17.1 Å². The molecule has 0 fully saturated rings. The van der Waals surface area contributed by atoms with Crippen molar-refractivity contribution in [3.05, 3.63) is 33.8 Å². The predicted molar refractivity (Wildman–Crippen MR) is 66.4 cm³/mol. The third-order valence-corrected chi connectivity index (χ3v) is 3.41. The highest BCUT2D eigenvalue weighted by Crippen LogP contribution is 2.22. The van der Waals surface area contributed by atoms with E-state index in [9.17, 15) is 4.79 Å². The van der Waals surface area contributed by atoms with Crippen LogP contribution in [0.15, 0.2) is 22.7 Å². The van der Waals surface area contributed by atoms with E-state index in [1.165, 1.54) is 0 Å². The van der Waals surface area contributed by atoms with Gasteiger partial charge < -0.3 is 0 Å². The van der Waals surface area contributed by atoms with Crippen molar-refractivity contribution < 1.29 is 4.79 Å². The second kappa shape index (κ2) is 5.29. The number of rotatable bonds is 3. The van der Waals surface area contributed by atoms with Crippen LogP contribution in [0.1, 0.15) is 22.8 Å². The summed E-state index contributed by atoms with van der Waals surface area (Å²) in [5, 5.41) is 0.241. The maximum atomic E-state index is 11.6. The summed E-state index contributed by atoms with van der Waals surface area (Å²) < 4.78 is 0.994. The van der Waals surface area contributed by atoms with Crippen molar-refractivity contribution >= 4 is 49.2 Å². The highest BCUT2D eigenvalue weighted by molar-refractivity contribution is 9.10. The number of hydrogen-bond donors (Lipinski definition) is 0. The number of halogens is 3. The Hall–Kier alpha value is 0.140. The molecule has 1 nitrogen and oxygen atoms in total. The van der Waals surface area contributed by atoms with Gasteiger partial charge >= 0.3 is 0 Å². The maximum absolute atomic E-state index is 11.6. The Morgan fingerprint density at radius 3 is 2.71 bits per heavy atom. The number of alkyl halides is 2. The molecular weight excluding hydrogens is 331 g/mol. The predicted octanol–water partition coefficient (Wildman–Crippen LogP) is 4.15. The number of Topliss-reactive ketones (excluding diaryl/α,β-unsaturated/α-hetero) is 1. The minimum atomic E-state index is -0.473. The van der Waals surface area contributed by atoms with Crippen molar-refractivity contribution in [3.8, 4) is 0 Å². The fourth-order valence-corrected chi connectivity index (χ4v) is 2.41. The molecule has 0 spiro atoms. The van der Waals surface area contributed by atoms with Gasteiger partial charge in [-0.15, -0.1) is 11.6 Å². The van der Waals surface area contributed by atoms with Crippen molar-refractivity contribution in [1.82, 2.24) is 0 Å². The van der Waals surface area contributed by atoms with Crippen molar-refractivity contribution in [2.45, 2.75) is 17.6 Å². The third-order valence-electron chi connectivity index (χ3n) is 1.84. The largest absolute Gasteiger partial charge is 0.293 e. The highest BCUT2D eigenvalue weighted by atomic mass is 79.9. The summed E-state index contributed by atoms with van der Waals surface area (Å²) in [6.07, 6.45) is 0. The van der Waals surface area contributed by atoms with E-state index in [0.29, 0.717) is 10.9 Å². The number of ketones is 1. The molecule has 0 aromatic heterocycles. The molecule has 0 N–H and O–H groups in total. The van der Waals surface area contributed by atoms with Gasteiger partial charge in [0.1, 0.15) is 0 Å². The van der Waals surface area contributed by atoms with Crippen molar-refractivity contribution in [2.24, 2.45) is 0 Å². The molecule has 0 aliphatic heterocycles. The van der Waals surface area contributed by atoms with Crippen LogP contribution in [0.25, 0.3) is 0 Å². The van der Waals surface area contributed by atoms with E-state index in [-0.39, 0.29) is 5.78 Å². The quantitative estimate of drug-likeness (QED) is 0.597. The van der Waals surface area contributed by atoms with E-state index < -0.39 is 5.38 Å². The molecule has 0 saturated carbocycles. The summed E-state index contributed by atoms with van der Waals surface area (Å²) in [7, 11) is 0. The standard InChI is InChI=1S/C10H9Br2ClO/c1-6(13)10(14)7-2-3-9(12)8(4-7)5-11/h2-4,6H,5H2,1H3. The van der Waals surface area contributed by atoms with Gasteiger partial charge in [-0.25, -0.2) is 0 Å². The van der Waals surface area contributed by atoms with E-state index in [1.54, 1.807) is 13.0 Å². The van der Waals surface area contributed by atoms with Gasteiger partial charge in [-0.1, -0.05) is 37.9 Å². The number of carbonyl (C=O) groups excluding carboxylic acids is 1. The summed E-state index contributed by atoms with van der Waals surface area (Å²) in [4.78, 5) is 11.6. The van der Waals surface area contributed by atoms with Gasteiger partial charge in [0.2, 0.25) is 0 Å². The monoisotopic (exact) mass is 338 g/mol.